The fraction of sp³-hybridized carbons (Fsp3) is 1.00. The third-order valence-electron chi connectivity index (χ3n) is 2.36. The fourth-order valence-corrected chi connectivity index (χ4v) is 1.69. The van der Waals surface area contributed by atoms with Gasteiger partial charge in [-0.2, -0.15) is 0 Å². The molecule has 2 rings (SSSR count). The standard InChI is InChI=1S/C7H12O5/c1-10-6-5-4(8)3(2-11-5)12-7(6)9/h3-9H,2H2,1H3/t3-,4+,5-,6-,7+/m1/s1. The summed E-state index contributed by atoms with van der Waals surface area (Å²) in [6, 6.07) is 0. The molecule has 2 N–H and O–H groups in total. The van der Waals surface area contributed by atoms with Crippen LogP contribution in [-0.2, 0) is 14.2 Å². The van der Waals surface area contributed by atoms with Gasteiger partial charge in [-0.3, -0.25) is 0 Å². The van der Waals surface area contributed by atoms with Crippen LogP contribution in [0.15, 0.2) is 0 Å². The Morgan fingerprint density at radius 2 is 2.17 bits per heavy atom. The molecule has 0 unspecified atom stereocenters. The second-order valence-electron chi connectivity index (χ2n) is 3.05. The van der Waals surface area contributed by atoms with Crippen LogP contribution in [0.1, 0.15) is 0 Å². The van der Waals surface area contributed by atoms with Crippen molar-refractivity contribution < 1.29 is 24.4 Å². The van der Waals surface area contributed by atoms with Gasteiger partial charge in [0, 0.05) is 7.11 Å². The van der Waals surface area contributed by atoms with Gasteiger partial charge < -0.3 is 24.4 Å². The predicted octanol–water partition coefficient (Wildman–Crippen LogP) is -1.52. The van der Waals surface area contributed by atoms with E-state index in [0.29, 0.717) is 6.61 Å². The van der Waals surface area contributed by atoms with Crippen molar-refractivity contribution in [2.24, 2.45) is 0 Å². The van der Waals surface area contributed by atoms with Crippen LogP contribution in [0, 0.1) is 0 Å². The van der Waals surface area contributed by atoms with Crippen molar-refractivity contribution in [2.75, 3.05) is 13.7 Å². The lowest BCUT2D eigenvalue weighted by molar-refractivity contribution is -0.249. The molecule has 0 aliphatic carbocycles. The van der Waals surface area contributed by atoms with Gasteiger partial charge in [-0.1, -0.05) is 0 Å². The van der Waals surface area contributed by atoms with E-state index in [2.05, 4.69) is 0 Å². The number of ether oxygens (including phenoxy) is 3. The van der Waals surface area contributed by atoms with Gasteiger partial charge in [0.2, 0.25) is 0 Å². The minimum atomic E-state index is -0.990. The van der Waals surface area contributed by atoms with Crippen molar-refractivity contribution in [2.45, 2.75) is 30.7 Å². The quantitative estimate of drug-likeness (QED) is 0.507. The summed E-state index contributed by atoms with van der Waals surface area (Å²) in [5, 5.41) is 18.8. The minimum absolute atomic E-state index is 0.322. The van der Waals surface area contributed by atoms with Crippen LogP contribution in [0.4, 0.5) is 0 Å². The Balaban J connectivity index is 2.14. The van der Waals surface area contributed by atoms with Crippen molar-refractivity contribution in [1.29, 1.82) is 0 Å². The highest BCUT2D eigenvalue weighted by molar-refractivity contribution is 4.95. The van der Waals surface area contributed by atoms with E-state index in [1.54, 1.807) is 0 Å². The Morgan fingerprint density at radius 1 is 1.42 bits per heavy atom. The van der Waals surface area contributed by atoms with Crippen molar-refractivity contribution in [3.05, 3.63) is 0 Å². The summed E-state index contributed by atoms with van der Waals surface area (Å²) >= 11 is 0. The van der Waals surface area contributed by atoms with E-state index in [4.69, 9.17) is 14.2 Å². The zero-order chi connectivity index (χ0) is 8.72. The molecule has 0 amide bonds. The smallest absolute Gasteiger partial charge is 0.184 e. The number of aliphatic hydroxyl groups is 2. The van der Waals surface area contributed by atoms with Gasteiger partial charge >= 0.3 is 0 Å². The molecule has 2 saturated heterocycles. The molecular formula is C7H12O5. The van der Waals surface area contributed by atoms with Crippen LogP contribution >= 0.6 is 0 Å². The molecule has 0 radical (unpaired) electrons. The van der Waals surface area contributed by atoms with Crippen molar-refractivity contribution in [3.8, 4) is 0 Å². The molecular weight excluding hydrogens is 164 g/mol. The van der Waals surface area contributed by atoms with Crippen molar-refractivity contribution in [1.82, 2.24) is 0 Å². The Labute approximate surface area is 69.8 Å². The summed E-state index contributed by atoms with van der Waals surface area (Å²) in [7, 11) is 1.45. The second-order valence-corrected chi connectivity index (χ2v) is 3.05. The zero-order valence-electron chi connectivity index (χ0n) is 6.71. The molecule has 2 aliphatic rings. The first kappa shape index (κ1) is 8.40. The molecule has 0 aromatic rings. The van der Waals surface area contributed by atoms with Gasteiger partial charge in [-0.05, 0) is 0 Å². The molecule has 12 heavy (non-hydrogen) atoms. The highest BCUT2D eigenvalue weighted by Crippen LogP contribution is 2.29. The van der Waals surface area contributed by atoms with Gasteiger partial charge in [0.15, 0.2) is 6.29 Å². The molecule has 0 aromatic carbocycles. The Kier molecular flexibility index (Phi) is 2.05. The summed E-state index contributed by atoms with van der Waals surface area (Å²) in [5.41, 5.74) is 0. The van der Waals surface area contributed by atoms with Crippen LogP contribution in [0.3, 0.4) is 0 Å². The lowest BCUT2D eigenvalue weighted by Gasteiger charge is -2.34. The number of rotatable bonds is 1. The van der Waals surface area contributed by atoms with E-state index < -0.39 is 30.7 Å². The molecule has 0 aromatic heterocycles. The number of hydrogen-bond acceptors (Lipinski definition) is 5. The predicted molar refractivity (Wildman–Crippen MR) is 37.4 cm³/mol. The molecule has 5 atom stereocenters. The first-order chi connectivity index (χ1) is 5.74. The fourth-order valence-electron chi connectivity index (χ4n) is 1.69. The lowest BCUT2D eigenvalue weighted by atomic mass is 10.0. The van der Waals surface area contributed by atoms with Gasteiger partial charge in [0.25, 0.3) is 0 Å². The van der Waals surface area contributed by atoms with E-state index in [1.165, 1.54) is 7.11 Å². The van der Waals surface area contributed by atoms with E-state index in [9.17, 15) is 10.2 Å². The maximum absolute atomic E-state index is 9.49. The molecule has 70 valence electrons. The first-order valence-corrected chi connectivity index (χ1v) is 3.90. The molecule has 2 bridgehead atoms. The summed E-state index contributed by atoms with van der Waals surface area (Å²) in [4.78, 5) is 0. The SMILES string of the molecule is CO[C@@H]1[C@@H]2OC[C@@H](O[C@@H]1O)[C@@H]2O. The van der Waals surface area contributed by atoms with Gasteiger partial charge in [0.1, 0.15) is 24.4 Å². The largest absolute Gasteiger partial charge is 0.387 e. The highest BCUT2D eigenvalue weighted by atomic mass is 16.7. The molecule has 0 spiro atoms. The van der Waals surface area contributed by atoms with E-state index >= 15 is 0 Å². The van der Waals surface area contributed by atoms with Crippen LogP contribution in [0.25, 0.3) is 0 Å². The topological polar surface area (TPSA) is 68.2 Å². The maximum atomic E-state index is 9.49. The van der Waals surface area contributed by atoms with Crippen molar-refractivity contribution in [3.63, 3.8) is 0 Å². The highest BCUT2D eigenvalue weighted by Gasteiger charge is 2.50. The normalized spacial score (nSPS) is 52.8. The molecule has 5 heteroatoms. The van der Waals surface area contributed by atoms with Gasteiger partial charge in [-0.25, -0.2) is 0 Å². The van der Waals surface area contributed by atoms with Crippen LogP contribution in [-0.4, -0.2) is 54.6 Å². The molecule has 2 fully saturated rings. The van der Waals surface area contributed by atoms with E-state index in [-0.39, 0.29) is 0 Å². The molecule has 0 saturated carbocycles. The number of methoxy groups -OCH3 is 1. The maximum Gasteiger partial charge on any atom is 0.184 e. The van der Waals surface area contributed by atoms with Gasteiger partial charge in [0.05, 0.1) is 6.61 Å². The average Bonchev–Trinajstić information content (AvgIpc) is 2.34. The number of fused-ring (bicyclic) bond motifs is 2. The lowest BCUT2D eigenvalue weighted by Crippen LogP contribution is -2.53. The second kappa shape index (κ2) is 2.93. The summed E-state index contributed by atoms with van der Waals surface area (Å²) in [6.45, 7) is 0.322. The zero-order valence-corrected chi connectivity index (χ0v) is 6.71. The summed E-state index contributed by atoms with van der Waals surface area (Å²) in [6.07, 6.45) is -3.12. The van der Waals surface area contributed by atoms with Crippen LogP contribution in [0.2, 0.25) is 0 Å². The first-order valence-electron chi connectivity index (χ1n) is 3.90. The summed E-state index contributed by atoms with van der Waals surface area (Å²) in [5.74, 6) is 0. The summed E-state index contributed by atoms with van der Waals surface area (Å²) < 4.78 is 15.2. The molecule has 2 heterocycles. The Bertz CT molecular complexity index is 173. The van der Waals surface area contributed by atoms with Crippen LogP contribution in [0.5, 0.6) is 0 Å². The van der Waals surface area contributed by atoms with E-state index in [0.717, 1.165) is 0 Å². The van der Waals surface area contributed by atoms with Gasteiger partial charge in [-0.15, -0.1) is 0 Å². The third-order valence-corrected chi connectivity index (χ3v) is 2.36. The average molecular weight is 176 g/mol. The number of hydrogen-bond donors (Lipinski definition) is 2. The Hall–Kier alpha value is -0.200. The monoisotopic (exact) mass is 176 g/mol. The van der Waals surface area contributed by atoms with Crippen LogP contribution < -0.4 is 0 Å². The molecule has 5 nitrogen and oxygen atoms in total. The number of aliphatic hydroxyl groups excluding tert-OH is 2. The van der Waals surface area contributed by atoms with Crippen molar-refractivity contribution >= 4 is 0 Å². The Morgan fingerprint density at radius 3 is 2.83 bits per heavy atom. The minimum Gasteiger partial charge on any atom is -0.387 e. The molecule has 2 aliphatic heterocycles. The third kappa shape index (κ3) is 1.06. The van der Waals surface area contributed by atoms with E-state index in [1.807, 2.05) is 0 Å².